The second-order valence-electron chi connectivity index (χ2n) is 10.5. The van der Waals surface area contributed by atoms with Gasteiger partial charge in [-0.05, 0) is 96.1 Å². The van der Waals surface area contributed by atoms with E-state index in [0.717, 1.165) is 43.2 Å². The lowest BCUT2D eigenvalue weighted by molar-refractivity contribution is -0.204. The molecule has 1 N–H and O–H groups in total. The maximum atomic E-state index is 13.9. The maximum absolute atomic E-state index is 13.9. The van der Waals surface area contributed by atoms with E-state index in [0.29, 0.717) is 23.3 Å². The molecule has 0 aliphatic heterocycles. The molecular weight excluding hydrogens is 458 g/mol. The van der Waals surface area contributed by atoms with E-state index in [2.05, 4.69) is 18.0 Å². The number of aryl methyl sites for hydroxylation is 1. The lowest BCUT2D eigenvalue weighted by Gasteiger charge is -2.50. The Balaban J connectivity index is 1.32. The lowest BCUT2D eigenvalue weighted by atomic mass is 9.54. The number of hydrogen-bond acceptors (Lipinski definition) is 3. The molecule has 1 fully saturated rings. The molecule has 186 valence electrons. The number of Topliss-reactive ketones (excluding diaryl/α,β-unsaturated/α-hetero) is 1. The Morgan fingerprint density at radius 1 is 1.23 bits per heavy atom. The van der Waals surface area contributed by atoms with Crippen molar-refractivity contribution in [1.29, 1.82) is 0 Å². The lowest BCUT2D eigenvalue weighted by Crippen LogP contribution is -2.41. The average Bonchev–Trinajstić information content (AvgIpc) is 3.18. The molecule has 2 aromatic rings. The summed E-state index contributed by atoms with van der Waals surface area (Å²) in [5, 5.41) is 9.20. The summed E-state index contributed by atoms with van der Waals surface area (Å²) in [6.07, 6.45) is 1.84. The van der Waals surface area contributed by atoms with Crippen LogP contribution in [-0.4, -0.2) is 28.2 Å². The van der Waals surface area contributed by atoms with Crippen molar-refractivity contribution in [2.75, 3.05) is 0 Å². The molecule has 0 bridgehead atoms. The molecule has 0 spiro atoms. The molecule has 5 atom stereocenters. The summed E-state index contributed by atoms with van der Waals surface area (Å²) in [7, 11) is 0. The Hall–Kier alpha value is -2.54. The van der Waals surface area contributed by atoms with E-state index in [9.17, 15) is 27.5 Å². The smallest absolute Gasteiger partial charge is 0.384 e. The van der Waals surface area contributed by atoms with Gasteiger partial charge >= 0.3 is 6.18 Å². The molecule has 3 nitrogen and oxygen atoms in total. The molecule has 1 aromatic carbocycles. The van der Waals surface area contributed by atoms with Gasteiger partial charge in [-0.1, -0.05) is 25.1 Å². The van der Waals surface area contributed by atoms with Crippen LogP contribution in [0.2, 0.25) is 0 Å². The van der Waals surface area contributed by atoms with Gasteiger partial charge in [0.2, 0.25) is 0 Å². The number of rotatable bonds is 5. The van der Waals surface area contributed by atoms with E-state index in [4.69, 9.17) is 0 Å². The van der Waals surface area contributed by atoms with Crippen molar-refractivity contribution in [2.45, 2.75) is 70.1 Å². The van der Waals surface area contributed by atoms with Crippen molar-refractivity contribution < 1.29 is 27.5 Å². The molecule has 3 aliphatic rings. The highest BCUT2D eigenvalue weighted by atomic mass is 19.4. The molecule has 1 aromatic heterocycles. The summed E-state index contributed by atoms with van der Waals surface area (Å²) in [6.45, 7) is 2.30. The molecule has 5 rings (SSSR count). The summed E-state index contributed by atoms with van der Waals surface area (Å²) >= 11 is 0. The fourth-order valence-corrected chi connectivity index (χ4v) is 6.91. The third kappa shape index (κ3) is 4.32. The zero-order valence-corrected chi connectivity index (χ0v) is 19.6. The predicted octanol–water partition coefficient (Wildman–Crippen LogP) is 6.66. The van der Waals surface area contributed by atoms with Crippen LogP contribution in [0.25, 0.3) is 5.57 Å². The van der Waals surface area contributed by atoms with Gasteiger partial charge in [0.1, 0.15) is 11.9 Å². The van der Waals surface area contributed by atoms with Crippen molar-refractivity contribution >= 4 is 11.4 Å². The molecule has 0 radical (unpaired) electrons. The molecule has 35 heavy (non-hydrogen) atoms. The van der Waals surface area contributed by atoms with E-state index in [1.54, 1.807) is 18.3 Å². The highest BCUT2D eigenvalue weighted by Crippen LogP contribution is 2.63. The number of aromatic nitrogens is 1. The van der Waals surface area contributed by atoms with Gasteiger partial charge in [0.15, 0.2) is 5.78 Å². The molecular formula is C28H29F4NO2. The first-order valence-electron chi connectivity index (χ1n) is 12.3. The third-order valence-corrected chi connectivity index (χ3v) is 8.67. The molecule has 0 amide bonds. The molecule has 1 saturated carbocycles. The molecule has 3 aliphatic carbocycles. The molecule has 0 saturated heterocycles. The number of ketones is 1. The van der Waals surface area contributed by atoms with Crippen LogP contribution < -0.4 is 0 Å². The number of fused-ring (bicyclic) bond motifs is 5. The summed E-state index contributed by atoms with van der Waals surface area (Å²) < 4.78 is 51.5. The fourth-order valence-electron chi connectivity index (χ4n) is 6.91. The maximum Gasteiger partial charge on any atom is 0.414 e. The summed E-state index contributed by atoms with van der Waals surface area (Å²) in [6, 6.07) is 7.13. The van der Waals surface area contributed by atoms with Crippen molar-refractivity contribution in [1.82, 2.24) is 4.98 Å². The Kier molecular flexibility index (Phi) is 6.10. The minimum atomic E-state index is -4.71. The quantitative estimate of drug-likeness (QED) is 0.379. The van der Waals surface area contributed by atoms with Crippen LogP contribution in [0, 0.1) is 23.1 Å². The number of hydrogen-bond donors (Lipinski definition) is 1. The predicted molar refractivity (Wildman–Crippen MR) is 124 cm³/mol. The molecule has 1 heterocycles. The zero-order chi connectivity index (χ0) is 25.0. The van der Waals surface area contributed by atoms with Gasteiger partial charge in [0.25, 0.3) is 0 Å². The Morgan fingerprint density at radius 3 is 2.77 bits per heavy atom. The third-order valence-electron chi connectivity index (χ3n) is 8.67. The first kappa shape index (κ1) is 24.2. The van der Waals surface area contributed by atoms with Crippen LogP contribution in [-0.2, 0) is 6.42 Å². The second-order valence-corrected chi connectivity index (χ2v) is 10.5. The number of aliphatic hydroxyl groups excluding tert-OH is 1. The largest absolute Gasteiger partial charge is 0.414 e. The monoisotopic (exact) mass is 487 g/mol. The van der Waals surface area contributed by atoms with E-state index in [1.807, 2.05) is 12.1 Å². The average molecular weight is 488 g/mol. The van der Waals surface area contributed by atoms with E-state index in [-0.39, 0.29) is 23.4 Å². The number of halogens is 4. The summed E-state index contributed by atoms with van der Waals surface area (Å²) in [5.74, 6) is 0.626. The zero-order valence-electron chi connectivity index (χ0n) is 19.6. The van der Waals surface area contributed by atoms with Crippen molar-refractivity contribution in [2.24, 2.45) is 17.3 Å². The highest BCUT2D eigenvalue weighted by Gasteiger charge is 2.52. The van der Waals surface area contributed by atoms with Crippen LogP contribution in [0.4, 0.5) is 17.6 Å². The fraction of sp³-hybridized carbons (Fsp3) is 0.500. The minimum Gasteiger partial charge on any atom is -0.384 e. The number of allylic oxidation sites excluding steroid dienone is 2. The number of alkyl halides is 3. The Morgan fingerprint density at radius 2 is 2.03 bits per heavy atom. The SMILES string of the molecule is C[C@]12CC[C@@H]3c4ccc(C(=O)CCC(O)C(F)(F)F)cc4CC[C@H]3[C@@H]1CC=C2c1cncc(F)c1. The van der Waals surface area contributed by atoms with Gasteiger partial charge in [0.05, 0.1) is 6.20 Å². The normalized spacial score (nSPS) is 28.5. The Bertz CT molecular complexity index is 1170. The van der Waals surface area contributed by atoms with E-state index < -0.39 is 18.7 Å². The van der Waals surface area contributed by atoms with Crippen molar-refractivity contribution in [3.05, 3.63) is 70.8 Å². The first-order valence-corrected chi connectivity index (χ1v) is 12.3. The Labute approximate surface area is 202 Å². The first-order chi connectivity index (χ1) is 16.6. The van der Waals surface area contributed by atoms with Crippen molar-refractivity contribution in [3.63, 3.8) is 0 Å². The topological polar surface area (TPSA) is 50.2 Å². The van der Waals surface area contributed by atoms with Crippen LogP contribution in [0.3, 0.4) is 0 Å². The second kappa shape index (κ2) is 8.84. The van der Waals surface area contributed by atoms with Gasteiger partial charge in [-0.25, -0.2) is 4.39 Å². The number of nitrogens with zero attached hydrogens (tertiary/aromatic N) is 1. The van der Waals surface area contributed by atoms with Gasteiger partial charge in [-0.15, -0.1) is 0 Å². The molecule has 1 unspecified atom stereocenters. The van der Waals surface area contributed by atoms with Gasteiger partial charge < -0.3 is 5.11 Å². The number of aliphatic hydroxyl groups is 1. The van der Waals surface area contributed by atoms with Crippen LogP contribution in [0.15, 0.2) is 42.7 Å². The summed E-state index contributed by atoms with van der Waals surface area (Å²) in [4.78, 5) is 16.6. The van der Waals surface area contributed by atoms with E-state index >= 15 is 0 Å². The minimum absolute atomic E-state index is 0.0244. The van der Waals surface area contributed by atoms with Crippen molar-refractivity contribution in [3.8, 4) is 0 Å². The van der Waals surface area contributed by atoms with Crippen LogP contribution >= 0.6 is 0 Å². The number of pyridine rings is 1. The van der Waals surface area contributed by atoms with Gasteiger partial charge in [-0.3, -0.25) is 9.78 Å². The highest BCUT2D eigenvalue weighted by molar-refractivity contribution is 5.96. The van der Waals surface area contributed by atoms with Crippen LogP contribution in [0.5, 0.6) is 0 Å². The summed E-state index contributed by atoms with van der Waals surface area (Å²) in [5.41, 5.74) is 4.81. The van der Waals surface area contributed by atoms with Gasteiger partial charge in [-0.2, -0.15) is 13.2 Å². The number of carbonyl (C=O) groups is 1. The number of benzene rings is 1. The number of carbonyl (C=O) groups excluding carboxylic acids is 1. The van der Waals surface area contributed by atoms with Gasteiger partial charge in [0, 0.05) is 18.2 Å². The van der Waals surface area contributed by atoms with E-state index in [1.165, 1.54) is 17.3 Å². The molecule has 7 heteroatoms. The standard InChI is InChI=1S/C28H29F4NO2/c1-27-11-10-21-20-4-3-17(25(34)8-9-26(35)28(30,31)32)12-16(20)2-5-22(21)24(27)7-6-23(27)18-13-19(29)15-33-14-18/h3-4,6,12-15,21-22,24,26,35H,2,5,7-11H2,1H3/t21-,22-,24+,26?,27-/m1/s1. The van der Waals surface area contributed by atoms with Crippen LogP contribution in [0.1, 0.15) is 78.4 Å².